The van der Waals surface area contributed by atoms with Crippen LogP contribution in [0.1, 0.15) is 45.2 Å². The van der Waals surface area contributed by atoms with E-state index in [4.69, 9.17) is 4.74 Å². The molecule has 1 aliphatic heterocycles. The van der Waals surface area contributed by atoms with Gasteiger partial charge in [0.1, 0.15) is 0 Å². The highest BCUT2D eigenvalue weighted by Crippen LogP contribution is 2.30. The molecule has 1 amide bonds. The molecule has 136 valence electrons. The number of hydrogen-bond acceptors (Lipinski definition) is 5. The third kappa shape index (κ3) is 4.26. The second kappa shape index (κ2) is 8.58. The quantitative estimate of drug-likeness (QED) is 0.836. The van der Waals surface area contributed by atoms with Gasteiger partial charge in [-0.15, -0.1) is 0 Å². The Labute approximate surface area is 152 Å². The average molecular weight is 354 g/mol. The number of nitrogens with zero attached hydrogens (tertiary/aromatic N) is 1. The van der Waals surface area contributed by atoms with Crippen LogP contribution in [0.15, 0.2) is 48.8 Å². The van der Waals surface area contributed by atoms with Crippen LogP contribution in [0.4, 0.5) is 0 Å². The van der Waals surface area contributed by atoms with E-state index < -0.39 is 5.97 Å². The summed E-state index contributed by atoms with van der Waals surface area (Å²) in [7, 11) is 1.33. The van der Waals surface area contributed by atoms with E-state index in [1.807, 2.05) is 12.1 Å². The highest BCUT2D eigenvalue weighted by atomic mass is 16.5. The van der Waals surface area contributed by atoms with E-state index in [0.29, 0.717) is 30.3 Å². The van der Waals surface area contributed by atoms with Crippen LogP contribution in [0.5, 0.6) is 0 Å². The lowest BCUT2D eigenvalue weighted by atomic mass is 9.87. The van der Waals surface area contributed by atoms with Gasteiger partial charge in [0.05, 0.1) is 18.7 Å². The molecular formula is C20H22N2O4. The molecule has 1 aliphatic rings. The maximum absolute atomic E-state index is 12.7. The van der Waals surface area contributed by atoms with Crippen LogP contribution in [0.3, 0.4) is 0 Å². The normalized spacial score (nSPS) is 15.9. The number of carbonyl (C=O) groups is 2. The molecule has 3 rings (SSSR count). The summed E-state index contributed by atoms with van der Waals surface area (Å²) in [5, 5.41) is 3.13. The van der Waals surface area contributed by atoms with Crippen molar-refractivity contribution in [1.82, 2.24) is 10.3 Å². The molecule has 1 N–H and O–H groups in total. The summed E-state index contributed by atoms with van der Waals surface area (Å²) < 4.78 is 10.1. The van der Waals surface area contributed by atoms with E-state index in [1.165, 1.54) is 7.11 Å². The minimum Gasteiger partial charge on any atom is -0.465 e. The maximum Gasteiger partial charge on any atom is 0.337 e. The van der Waals surface area contributed by atoms with Crippen molar-refractivity contribution in [3.05, 3.63) is 65.5 Å². The second-order valence-electron chi connectivity index (χ2n) is 6.26. The standard InChI is InChI=1S/C20H22N2O4/c1-25-20(24)16-6-4-15(5-7-16)19(23)22-18(14-8-11-26-12-9-14)17-3-2-10-21-13-17/h2-7,10,13-14,18H,8-9,11-12H2,1H3,(H,22,23). The molecule has 1 unspecified atom stereocenters. The first-order chi connectivity index (χ1) is 12.7. The molecule has 0 spiro atoms. The fourth-order valence-electron chi connectivity index (χ4n) is 3.18. The Morgan fingerprint density at radius 2 is 1.85 bits per heavy atom. The molecule has 0 saturated carbocycles. The van der Waals surface area contributed by atoms with E-state index >= 15 is 0 Å². The number of amides is 1. The Bertz CT molecular complexity index is 740. The third-order valence-corrected chi connectivity index (χ3v) is 4.64. The molecule has 2 aromatic rings. The van der Waals surface area contributed by atoms with Gasteiger partial charge in [-0.1, -0.05) is 6.07 Å². The number of pyridine rings is 1. The van der Waals surface area contributed by atoms with Gasteiger partial charge in [-0.05, 0) is 54.7 Å². The minimum absolute atomic E-state index is 0.125. The van der Waals surface area contributed by atoms with Crippen LogP contribution in [0, 0.1) is 5.92 Å². The van der Waals surface area contributed by atoms with E-state index in [0.717, 1.165) is 18.4 Å². The average Bonchev–Trinajstić information content (AvgIpc) is 2.72. The fraction of sp³-hybridized carbons (Fsp3) is 0.350. The molecule has 1 fully saturated rings. The summed E-state index contributed by atoms with van der Waals surface area (Å²) in [6.45, 7) is 1.40. The van der Waals surface area contributed by atoms with Crippen molar-refractivity contribution in [2.45, 2.75) is 18.9 Å². The van der Waals surface area contributed by atoms with Crippen molar-refractivity contribution in [3.8, 4) is 0 Å². The first-order valence-electron chi connectivity index (χ1n) is 8.66. The number of aromatic nitrogens is 1. The van der Waals surface area contributed by atoms with Gasteiger partial charge in [-0.3, -0.25) is 9.78 Å². The van der Waals surface area contributed by atoms with Gasteiger partial charge >= 0.3 is 5.97 Å². The van der Waals surface area contributed by atoms with E-state index in [2.05, 4.69) is 15.0 Å². The fourth-order valence-corrected chi connectivity index (χ4v) is 3.18. The Morgan fingerprint density at radius 3 is 2.46 bits per heavy atom. The molecule has 1 aromatic carbocycles. The van der Waals surface area contributed by atoms with Gasteiger partial charge in [0.15, 0.2) is 0 Å². The Kier molecular flexibility index (Phi) is 5.96. The molecule has 2 heterocycles. The number of nitrogens with one attached hydrogen (secondary N) is 1. The van der Waals surface area contributed by atoms with Crippen molar-refractivity contribution in [3.63, 3.8) is 0 Å². The monoisotopic (exact) mass is 354 g/mol. The van der Waals surface area contributed by atoms with Crippen molar-refractivity contribution in [2.75, 3.05) is 20.3 Å². The summed E-state index contributed by atoms with van der Waals surface area (Å²) in [6.07, 6.45) is 5.29. The number of hydrogen-bond donors (Lipinski definition) is 1. The lowest BCUT2D eigenvalue weighted by Gasteiger charge is -2.31. The lowest BCUT2D eigenvalue weighted by Crippen LogP contribution is -2.36. The topological polar surface area (TPSA) is 77.5 Å². The minimum atomic E-state index is -0.424. The predicted octanol–water partition coefficient (Wildman–Crippen LogP) is 2.77. The molecule has 6 heteroatoms. The first-order valence-corrected chi connectivity index (χ1v) is 8.66. The Morgan fingerprint density at radius 1 is 1.15 bits per heavy atom. The zero-order valence-corrected chi connectivity index (χ0v) is 14.7. The predicted molar refractivity (Wildman–Crippen MR) is 95.8 cm³/mol. The highest BCUT2D eigenvalue weighted by Gasteiger charge is 2.27. The van der Waals surface area contributed by atoms with Crippen LogP contribution in [-0.4, -0.2) is 37.2 Å². The highest BCUT2D eigenvalue weighted by molar-refractivity contribution is 5.96. The molecule has 1 aromatic heterocycles. The Hall–Kier alpha value is -2.73. The van der Waals surface area contributed by atoms with Crippen molar-refractivity contribution >= 4 is 11.9 Å². The largest absolute Gasteiger partial charge is 0.465 e. The van der Waals surface area contributed by atoms with Gasteiger partial charge in [-0.2, -0.15) is 0 Å². The lowest BCUT2D eigenvalue weighted by molar-refractivity contribution is 0.0513. The van der Waals surface area contributed by atoms with E-state index in [-0.39, 0.29) is 11.9 Å². The zero-order valence-electron chi connectivity index (χ0n) is 14.7. The number of carbonyl (C=O) groups excluding carboxylic acids is 2. The molecule has 26 heavy (non-hydrogen) atoms. The number of methoxy groups -OCH3 is 1. The summed E-state index contributed by atoms with van der Waals surface area (Å²) in [6, 6.07) is 10.2. The van der Waals surface area contributed by atoms with Crippen LogP contribution in [-0.2, 0) is 9.47 Å². The third-order valence-electron chi connectivity index (χ3n) is 4.64. The Balaban J connectivity index is 1.77. The van der Waals surface area contributed by atoms with E-state index in [9.17, 15) is 9.59 Å². The van der Waals surface area contributed by atoms with Gasteiger partial charge < -0.3 is 14.8 Å². The van der Waals surface area contributed by atoms with Crippen LogP contribution >= 0.6 is 0 Å². The smallest absolute Gasteiger partial charge is 0.337 e. The molecule has 1 saturated heterocycles. The van der Waals surface area contributed by atoms with Gasteiger partial charge in [0.25, 0.3) is 5.91 Å². The van der Waals surface area contributed by atoms with Crippen LogP contribution in [0.2, 0.25) is 0 Å². The SMILES string of the molecule is COC(=O)c1ccc(C(=O)NC(c2cccnc2)C2CCOCC2)cc1. The molecule has 0 aliphatic carbocycles. The molecule has 6 nitrogen and oxygen atoms in total. The number of esters is 1. The van der Waals surface area contributed by atoms with E-state index in [1.54, 1.807) is 36.7 Å². The molecular weight excluding hydrogens is 332 g/mol. The molecule has 0 radical (unpaired) electrons. The summed E-state index contributed by atoms with van der Waals surface area (Å²) in [5.74, 6) is -0.305. The van der Waals surface area contributed by atoms with Crippen molar-refractivity contribution in [2.24, 2.45) is 5.92 Å². The summed E-state index contributed by atoms with van der Waals surface area (Å²) >= 11 is 0. The second-order valence-corrected chi connectivity index (χ2v) is 6.26. The first kappa shape index (κ1) is 18.1. The number of rotatable bonds is 5. The number of benzene rings is 1. The summed E-state index contributed by atoms with van der Waals surface area (Å²) in [4.78, 5) is 28.5. The van der Waals surface area contributed by atoms with Crippen molar-refractivity contribution < 1.29 is 19.1 Å². The molecule has 0 bridgehead atoms. The van der Waals surface area contributed by atoms with Gasteiger partial charge in [0.2, 0.25) is 0 Å². The van der Waals surface area contributed by atoms with Gasteiger partial charge in [-0.25, -0.2) is 4.79 Å². The van der Waals surface area contributed by atoms with Crippen LogP contribution < -0.4 is 5.32 Å². The maximum atomic E-state index is 12.7. The zero-order chi connectivity index (χ0) is 18.4. The van der Waals surface area contributed by atoms with Crippen molar-refractivity contribution in [1.29, 1.82) is 0 Å². The number of ether oxygens (including phenoxy) is 2. The van der Waals surface area contributed by atoms with Crippen LogP contribution in [0.25, 0.3) is 0 Å². The summed E-state index contributed by atoms with van der Waals surface area (Å²) in [5.41, 5.74) is 1.90. The molecule has 1 atom stereocenters. The van der Waals surface area contributed by atoms with Gasteiger partial charge in [0, 0.05) is 31.2 Å².